The Morgan fingerprint density at radius 1 is 1.54 bits per heavy atom. The standard InChI is InChI=1S/C9H19NO2S/c1-6(13)8(11)12-9(2,3)7-4-10-5-7/h6-8,10-11,13H,4-5H2,1-3H3. The maximum atomic E-state index is 9.51. The summed E-state index contributed by atoms with van der Waals surface area (Å²) in [4.78, 5) is 0. The van der Waals surface area contributed by atoms with E-state index in [1.165, 1.54) is 0 Å². The minimum atomic E-state index is -0.779. The molecule has 0 aliphatic carbocycles. The summed E-state index contributed by atoms with van der Waals surface area (Å²) in [6.07, 6.45) is -0.779. The highest BCUT2D eigenvalue weighted by Crippen LogP contribution is 2.26. The van der Waals surface area contributed by atoms with E-state index in [4.69, 9.17) is 4.74 Å². The van der Waals surface area contributed by atoms with Gasteiger partial charge in [0.2, 0.25) is 0 Å². The van der Waals surface area contributed by atoms with Gasteiger partial charge < -0.3 is 15.2 Å². The zero-order valence-corrected chi connectivity index (χ0v) is 9.34. The van der Waals surface area contributed by atoms with Crippen LogP contribution in [0.4, 0.5) is 0 Å². The Balaban J connectivity index is 2.40. The molecule has 1 aliphatic heterocycles. The Morgan fingerprint density at radius 3 is 2.38 bits per heavy atom. The molecule has 13 heavy (non-hydrogen) atoms. The van der Waals surface area contributed by atoms with Crippen LogP contribution in [0.25, 0.3) is 0 Å². The van der Waals surface area contributed by atoms with Crippen molar-refractivity contribution in [3.8, 4) is 0 Å². The van der Waals surface area contributed by atoms with Gasteiger partial charge in [-0.1, -0.05) is 0 Å². The van der Waals surface area contributed by atoms with Crippen LogP contribution in [0.15, 0.2) is 0 Å². The highest BCUT2D eigenvalue weighted by atomic mass is 32.1. The molecule has 0 spiro atoms. The summed E-state index contributed by atoms with van der Waals surface area (Å²) in [6.45, 7) is 7.79. The van der Waals surface area contributed by atoms with Gasteiger partial charge in [0, 0.05) is 24.3 Å². The van der Waals surface area contributed by atoms with Crippen LogP contribution in [0, 0.1) is 5.92 Å². The molecule has 3 nitrogen and oxygen atoms in total. The number of nitrogens with one attached hydrogen (secondary N) is 1. The molecular weight excluding hydrogens is 186 g/mol. The second-order valence-electron chi connectivity index (χ2n) is 4.21. The van der Waals surface area contributed by atoms with Gasteiger partial charge >= 0.3 is 0 Å². The highest BCUT2D eigenvalue weighted by molar-refractivity contribution is 7.81. The molecule has 0 saturated carbocycles. The minimum absolute atomic E-state index is 0.146. The second kappa shape index (κ2) is 4.17. The molecular formula is C9H19NO2S. The summed E-state index contributed by atoms with van der Waals surface area (Å²) in [5.41, 5.74) is -0.262. The summed E-state index contributed by atoms with van der Waals surface area (Å²) >= 11 is 4.13. The van der Waals surface area contributed by atoms with E-state index in [1.807, 2.05) is 20.8 Å². The first-order chi connectivity index (χ1) is 5.93. The Hall–Kier alpha value is 0.230. The van der Waals surface area contributed by atoms with Crippen molar-refractivity contribution < 1.29 is 9.84 Å². The van der Waals surface area contributed by atoms with E-state index in [-0.39, 0.29) is 10.9 Å². The second-order valence-corrected chi connectivity index (χ2v) is 5.02. The van der Waals surface area contributed by atoms with E-state index < -0.39 is 6.29 Å². The number of rotatable bonds is 4. The molecule has 1 heterocycles. The smallest absolute Gasteiger partial charge is 0.166 e. The fourth-order valence-corrected chi connectivity index (χ4v) is 1.35. The van der Waals surface area contributed by atoms with Gasteiger partial charge in [0.25, 0.3) is 0 Å². The van der Waals surface area contributed by atoms with E-state index in [9.17, 15) is 5.11 Å². The van der Waals surface area contributed by atoms with Gasteiger partial charge in [-0.15, -0.1) is 0 Å². The lowest BCUT2D eigenvalue weighted by atomic mass is 9.86. The summed E-state index contributed by atoms with van der Waals surface area (Å²) < 4.78 is 5.54. The third kappa shape index (κ3) is 2.84. The van der Waals surface area contributed by atoms with E-state index in [1.54, 1.807) is 0 Å². The maximum Gasteiger partial charge on any atom is 0.166 e. The summed E-state index contributed by atoms with van der Waals surface area (Å²) in [5, 5.41) is 12.6. The zero-order valence-electron chi connectivity index (χ0n) is 8.45. The number of ether oxygens (including phenoxy) is 1. The fraction of sp³-hybridized carbons (Fsp3) is 1.00. The van der Waals surface area contributed by atoms with E-state index in [0.717, 1.165) is 13.1 Å². The quantitative estimate of drug-likeness (QED) is 0.466. The van der Waals surface area contributed by atoms with Crippen LogP contribution in [0.5, 0.6) is 0 Å². The first-order valence-corrected chi connectivity index (χ1v) is 5.20. The van der Waals surface area contributed by atoms with Crippen LogP contribution >= 0.6 is 12.6 Å². The first-order valence-electron chi connectivity index (χ1n) is 4.68. The predicted molar refractivity (Wildman–Crippen MR) is 56.0 cm³/mol. The molecule has 0 radical (unpaired) electrons. The van der Waals surface area contributed by atoms with Crippen LogP contribution in [-0.4, -0.2) is 35.3 Å². The topological polar surface area (TPSA) is 41.5 Å². The van der Waals surface area contributed by atoms with E-state index in [2.05, 4.69) is 17.9 Å². The lowest BCUT2D eigenvalue weighted by Gasteiger charge is -2.42. The monoisotopic (exact) mass is 205 g/mol. The molecule has 2 N–H and O–H groups in total. The van der Waals surface area contributed by atoms with E-state index in [0.29, 0.717) is 5.92 Å². The van der Waals surface area contributed by atoms with Crippen LogP contribution in [0.1, 0.15) is 20.8 Å². The Morgan fingerprint density at radius 2 is 2.08 bits per heavy atom. The third-order valence-corrected chi connectivity index (χ3v) is 2.86. The number of aliphatic hydroxyl groups is 1. The molecule has 0 amide bonds. The predicted octanol–water partition coefficient (Wildman–Crippen LogP) is 0.638. The molecule has 0 aromatic rings. The number of hydrogen-bond donors (Lipinski definition) is 3. The molecule has 4 heteroatoms. The molecule has 2 atom stereocenters. The van der Waals surface area contributed by atoms with Gasteiger partial charge in [-0.05, 0) is 20.8 Å². The van der Waals surface area contributed by atoms with Gasteiger partial charge in [-0.2, -0.15) is 12.6 Å². The minimum Gasteiger partial charge on any atom is -0.367 e. The number of thiol groups is 1. The normalized spacial score (nSPS) is 23.8. The van der Waals surface area contributed by atoms with Crippen LogP contribution in [0.2, 0.25) is 0 Å². The molecule has 0 aromatic heterocycles. The van der Waals surface area contributed by atoms with Gasteiger partial charge in [-0.3, -0.25) is 0 Å². The van der Waals surface area contributed by atoms with Crippen molar-refractivity contribution in [2.75, 3.05) is 13.1 Å². The van der Waals surface area contributed by atoms with Crippen molar-refractivity contribution >= 4 is 12.6 Å². The summed E-state index contributed by atoms with van der Waals surface area (Å²) in [5.74, 6) is 0.495. The van der Waals surface area contributed by atoms with Crippen molar-refractivity contribution in [1.82, 2.24) is 5.32 Å². The number of hydrogen-bond acceptors (Lipinski definition) is 4. The lowest BCUT2D eigenvalue weighted by molar-refractivity contribution is -0.194. The van der Waals surface area contributed by atoms with Gasteiger partial charge in [-0.25, -0.2) is 0 Å². The maximum absolute atomic E-state index is 9.51. The van der Waals surface area contributed by atoms with Crippen LogP contribution in [0.3, 0.4) is 0 Å². The van der Waals surface area contributed by atoms with Crippen LogP contribution in [-0.2, 0) is 4.74 Å². The highest BCUT2D eigenvalue weighted by Gasteiger charge is 2.36. The first kappa shape index (κ1) is 11.3. The Bertz CT molecular complexity index is 169. The van der Waals surface area contributed by atoms with Crippen molar-refractivity contribution in [3.05, 3.63) is 0 Å². The molecule has 1 saturated heterocycles. The summed E-state index contributed by atoms with van der Waals surface area (Å²) in [7, 11) is 0. The molecule has 0 bridgehead atoms. The van der Waals surface area contributed by atoms with Crippen molar-refractivity contribution in [1.29, 1.82) is 0 Å². The Kier molecular flexibility index (Phi) is 3.63. The van der Waals surface area contributed by atoms with Gasteiger partial charge in [0.05, 0.1) is 5.60 Å². The fourth-order valence-electron chi connectivity index (χ4n) is 1.29. The van der Waals surface area contributed by atoms with Gasteiger partial charge in [0.1, 0.15) is 0 Å². The average Bonchev–Trinajstić information content (AvgIpc) is 1.79. The number of aliphatic hydroxyl groups excluding tert-OH is 1. The van der Waals surface area contributed by atoms with Gasteiger partial charge in [0.15, 0.2) is 6.29 Å². The van der Waals surface area contributed by atoms with E-state index >= 15 is 0 Å². The SMILES string of the molecule is CC(S)C(O)OC(C)(C)C1CNC1. The zero-order chi connectivity index (χ0) is 10.1. The molecule has 1 aliphatic rings. The van der Waals surface area contributed by atoms with Crippen molar-refractivity contribution in [3.63, 3.8) is 0 Å². The van der Waals surface area contributed by atoms with Crippen LogP contribution < -0.4 is 5.32 Å². The molecule has 2 unspecified atom stereocenters. The Labute approximate surface area is 85.3 Å². The van der Waals surface area contributed by atoms with Crippen molar-refractivity contribution in [2.45, 2.75) is 37.9 Å². The van der Waals surface area contributed by atoms with Crippen molar-refractivity contribution in [2.24, 2.45) is 5.92 Å². The molecule has 1 rings (SSSR count). The molecule has 78 valence electrons. The summed E-state index contributed by atoms with van der Waals surface area (Å²) in [6, 6.07) is 0. The molecule has 0 aromatic carbocycles. The largest absolute Gasteiger partial charge is 0.367 e. The average molecular weight is 205 g/mol. The third-order valence-electron chi connectivity index (χ3n) is 2.60. The lowest BCUT2D eigenvalue weighted by Crippen LogP contribution is -2.55. The molecule has 1 fully saturated rings.